The Morgan fingerprint density at radius 3 is 2.44 bits per heavy atom. The fourth-order valence-corrected chi connectivity index (χ4v) is 2.86. The summed E-state index contributed by atoms with van der Waals surface area (Å²) in [6, 6.07) is 13.1. The Kier molecular flexibility index (Phi) is 4.88. The van der Waals surface area contributed by atoms with Crippen molar-refractivity contribution in [3.63, 3.8) is 0 Å². The Morgan fingerprint density at radius 2 is 1.76 bits per heavy atom. The maximum atomic E-state index is 12.7. The van der Waals surface area contributed by atoms with Crippen molar-refractivity contribution in [1.29, 1.82) is 0 Å². The van der Waals surface area contributed by atoms with Gasteiger partial charge in [-0.3, -0.25) is 9.59 Å². The Hall–Kier alpha value is -2.62. The van der Waals surface area contributed by atoms with Crippen LogP contribution in [0.5, 0.6) is 0 Å². The Bertz CT molecular complexity index is 807. The molecule has 130 valence electrons. The van der Waals surface area contributed by atoms with E-state index in [1.807, 2.05) is 31.2 Å². The first-order valence-electron chi connectivity index (χ1n) is 8.77. The number of benzene rings is 2. The van der Waals surface area contributed by atoms with Crippen LogP contribution >= 0.6 is 0 Å². The quantitative estimate of drug-likeness (QED) is 0.830. The summed E-state index contributed by atoms with van der Waals surface area (Å²) >= 11 is 0. The molecule has 0 bridgehead atoms. The Labute approximate surface area is 148 Å². The van der Waals surface area contributed by atoms with Gasteiger partial charge in [-0.05, 0) is 55.0 Å². The highest BCUT2D eigenvalue weighted by Gasteiger charge is 2.29. The smallest absolute Gasteiger partial charge is 0.255 e. The summed E-state index contributed by atoms with van der Waals surface area (Å²) < 4.78 is 0. The predicted molar refractivity (Wildman–Crippen MR) is 101 cm³/mol. The van der Waals surface area contributed by atoms with E-state index in [4.69, 9.17) is 0 Å². The van der Waals surface area contributed by atoms with Crippen LogP contribution in [0.4, 0.5) is 11.4 Å². The van der Waals surface area contributed by atoms with E-state index in [2.05, 4.69) is 24.5 Å². The molecule has 0 heterocycles. The minimum Gasteiger partial charge on any atom is -0.326 e. The van der Waals surface area contributed by atoms with Crippen LogP contribution in [0.15, 0.2) is 42.5 Å². The van der Waals surface area contributed by atoms with Crippen LogP contribution < -0.4 is 10.6 Å². The van der Waals surface area contributed by atoms with E-state index in [-0.39, 0.29) is 17.7 Å². The van der Waals surface area contributed by atoms with Crippen LogP contribution in [-0.2, 0) is 4.79 Å². The number of amides is 2. The first-order valence-corrected chi connectivity index (χ1v) is 8.77. The SMILES string of the molecule is Cc1cccc(C(C)C)c1NC(=O)c1cccc(NC(=O)C2CC2)c1. The molecule has 1 aliphatic rings. The molecule has 2 N–H and O–H groups in total. The lowest BCUT2D eigenvalue weighted by Gasteiger charge is -2.16. The molecular formula is C21H24N2O2. The van der Waals surface area contributed by atoms with Gasteiger partial charge in [0.1, 0.15) is 0 Å². The van der Waals surface area contributed by atoms with Gasteiger partial charge >= 0.3 is 0 Å². The van der Waals surface area contributed by atoms with E-state index >= 15 is 0 Å². The monoisotopic (exact) mass is 336 g/mol. The van der Waals surface area contributed by atoms with Crippen LogP contribution in [0, 0.1) is 12.8 Å². The molecule has 25 heavy (non-hydrogen) atoms. The Morgan fingerprint density at radius 1 is 1.04 bits per heavy atom. The van der Waals surface area contributed by atoms with Gasteiger partial charge in [0.05, 0.1) is 0 Å². The number of aryl methyl sites for hydroxylation is 1. The molecule has 1 aliphatic carbocycles. The molecule has 1 fully saturated rings. The molecule has 0 aromatic heterocycles. The molecule has 4 nitrogen and oxygen atoms in total. The van der Waals surface area contributed by atoms with Gasteiger partial charge < -0.3 is 10.6 Å². The normalized spacial score (nSPS) is 13.6. The van der Waals surface area contributed by atoms with Crippen molar-refractivity contribution in [1.82, 2.24) is 0 Å². The summed E-state index contributed by atoms with van der Waals surface area (Å²) in [6.45, 7) is 6.21. The third-order valence-electron chi connectivity index (χ3n) is 4.51. The van der Waals surface area contributed by atoms with Crippen molar-refractivity contribution >= 4 is 23.2 Å². The minimum atomic E-state index is -0.168. The summed E-state index contributed by atoms with van der Waals surface area (Å²) in [5.74, 6) is 0.328. The molecule has 4 heteroatoms. The topological polar surface area (TPSA) is 58.2 Å². The zero-order valence-electron chi connectivity index (χ0n) is 14.9. The molecule has 0 saturated heterocycles. The van der Waals surface area contributed by atoms with Gasteiger partial charge in [0.2, 0.25) is 5.91 Å². The number of anilines is 2. The summed E-state index contributed by atoms with van der Waals surface area (Å²) in [4.78, 5) is 24.6. The lowest BCUT2D eigenvalue weighted by Crippen LogP contribution is -2.16. The highest BCUT2D eigenvalue weighted by Crippen LogP contribution is 2.30. The summed E-state index contributed by atoms with van der Waals surface area (Å²) in [5, 5.41) is 5.93. The Balaban J connectivity index is 1.79. The maximum absolute atomic E-state index is 12.7. The van der Waals surface area contributed by atoms with Crippen molar-refractivity contribution in [3.05, 3.63) is 59.2 Å². The minimum absolute atomic E-state index is 0.0403. The van der Waals surface area contributed by atoms with Crippen molar-refractivity contribution in [2.45, 2.75) is 39.5 Å². The molecule has 0 aliphatic heterocycles. The van der Waals surface area contributed by atoms with E-state index in [1.165, 1.54) is 0 Å². The largest absolute Gasteiger partial charge is 0.326 e. The molecule has 0 unspecified atom stereocenters. The molecule has 2 amide bonds. The lowest BCUT2D eigenvalue weighted by atomic mass is 9.98. The second kappa shape index (κ2) is 7.09. The van der Waals surface area contributed by atoms with Crippen molar-refractivity contribution < 1.29 is 9.59 Å². The number of nitrogens with one attached hydrogen (secondary N) is 2. The second-order valence-electron chi connectivity index (χ2n) is 6.99. The highest BCUT2D eigenvalue weighted by atomic mass is 16.2. The number of carbonyl (C=O) groups is 2. The number of hydrogen-bond donors (Lipinski definition) is 2. The van der Waals surface area contributed by atoms with Crippen LogP contribution in [0.1, 0.15) is 54.1 Å². The summed E-state index contributed by atoms with van der Waals surface area (Å²) in [5.41, 5.74) is 4.23. The number of para-hydroxylation sites is 1. The number of hydrogen-bond acceptors (Lipinski definition) is 2. The van der Waals surface area contributed by atoms with Crippen LogP contribution in [0.2, 0.25) is 0 Å². The molecule has 2 aromatic carbocycles. The van der Waals surface area contributed by atoms with Crippen LogP contribution in [0.25, 0.3) is 0 Å². The first-order chi connectivity index (χ1) is 12.0. The van der Waals surface area contributed by atoms with E-state index < -0.39 is 0 Å². The second-order valence-corrected chi connectivity index (χ2v) is 6.99. The molecule has 1 saturated carbocycles. The molecule has 2 aromatic rings. The van der Waals surface area contributed by atoms with Gasteiger partial charge in [-0.15, -0.1) is 0 Å². The lowest BCUT2D eigenvalue weighted by molar-refractivity contribution is -0.117. The summed E-state index contributed by atoms with van der Waals surface area (Å²) in [6.07, 6.45) is 1.91. The molecule has 0 atom stereocenters. The van der Waals surface area contributed by atoms with Gasteiger partial charge in [0.25, 0.3) is 5.91 Å². The van der Waals surface area contributed by atoms with Crippen molar-refractivity contribution in [3.8, 4) is 0 Å². The van der Waals surface area contributed by atoms with Crippen LogP contribution in [0.3, 0.4) is 0 Å². The molecule has 3 rings (SSSR count). The van der Waals surface area contributed by atoms with Gasteiger partial charge in [-0.25, -0.2) is 0 Å². The predicted octanol–water partition coefficient (Wildman–Crippen LogP) is 4.72. The molecular weight excluding hydrogens is 312 g/mol. The van der Waals surface area contributed by atoms with E-state index in [0.29, 0.717) is 17.2 Å². The van der Waals surface area contributed by atoms with E-state index in [1.54, 1.807) is 18.2 Å². The average molecular weight is 336 g/mol. The van der Waals surface area contributed by atoms with E-state index in [0.717, 1.165) is 29.7 Å². The fraction of sp³-hybridized carbons (Fsp3) is 0.333. The maximum Gasteiger partial charge on any atom is 0.255 e. The highest BCUT2D eigenvalue weighted by molar-refractivity contribution is 6.06. The zero-order chi connectivity index (χ0) is 18.0. The van der Waals surface area contributed by atoms with Gasteiger partial charge in [0, 0.05) is 22.9 Å². The van der Waals surface area contributed by atoms with Gasteiger partial charge in [-0.1, -0.05) is 38.1 Å². The number of rotatable bonds is 5. The fourth-order valence-electron chi connectivity index (χ4n) is 2.86. The van der Waals surface area contributed by atoms with Gasteiger partial charge in [-0.2, -0.15) is 0 Å². The average Bonchev–Trinajstić information content (AvgIpc) is 3.41. The third-order valence-corrected chi connectivity index (χ3v) is 4.51. The van der Waals surface area contributed by atoms with Crippen molar-refractivity contribution in [2.75, 3.05) is 10.6 Å². The molecule has 0 spiro atoms. The van der Waals surface area contributed by atoms with Crippen LogP contribution in [-0.4, -0.2) is 11.8 Å². The molecule has 0 radical (unpaired) electrons. The van der Waals surface area contributed by atoms with Crippen molar-refractivity contribution in [2.24, 2.45) is 5.92 Å². The van der Waals surface area contributed by atoms with E-state index in [9.17, 15) is 9.59 Å². The number of carbonyl (C=O) groups excluding carboxylic acids is 2. The third kappa shape index (κ3) is 4.08. The zero-order valence-corrected chi connectivity index (χ0v) is 14.9. The standard InChI is InChI=1S/C21H24N2O2/c1-13(2)18-9-4-6-14(3)19(18)23-21(25)16-7-5-8-17(12-16)22-20(24)15-10-11-15/h4-9,12-13,15H,10-11H2,1-3H3,(H,22,24)(H,23,25). The first kappa shape index (κ1) is 17.2. The summed E-state index contributed by atoms with van der Waals surface area (Å²) in [7, 11) is 0. The van der Waals surface area contributed by atoms with Gasteiger partial charge in [0.15, 0.2) is 0 Å².